The number of amides is 1. The van der Waals surface area contributed by atoms with E-state index in [1.807, 2.05) is 63.5 Å². The van der Waals surface area contributed by atoms with Crippen LogP contribution in [-0.2, 0) is 11.2 Å². The van der Waals surface area contributed by atoms with Crippen LogP contribution in [0.15, 0.2) is 65.6 Å². The van der Waals surface area contributed by atoms with Crippen molar-refractivity contribution < 1.29 is 9.53 Å². The first-order chi connectivity index (χ1) is 17.4. The molecule has 0 atom stereocenters. The quantitative estimate of drug-likeness (QED) is 0.194. The molecule has 3 aromatic heterocycles. The van der Waals surface area contributed by atoms with Gasteiger partial charge in [0.25, 0.3) is 11.5 Å². The summed E-state index contributed by atoms with van der Waals surface area (Å²) < 4.78 is 7.80. The van der Waals surface area contributed by atoms with Gasteiger partial charge in [0.05, 0.1) is 16.6 Å². The van der Waals surface area contributed by atoms with Gasteiger partial charge in [0.15, 0.2) is 6.61 Å². The smallest absolute Gasteiger partial charge is 0.263 e. The van der Waals surface area contributed by atoms with E-state index in [9.17, 15) is 9.59 Å². The number of fused-ring (bicyclic) bond motifs is 5. The van der Waals surface area contributed by atoms with E-state index in [1.165, 1.54) is 0 Å². The molecule has 0 bridgehead atoms. The van der Waals surface area contributed by atoms with Gasteiger partial charge in [-0.3, -0.25) is 19.0 Å². The normalized spacial score (nSPS) is 11.8. The van der Waals surface area contributed by atoms with Crippen LogP contribution in [0.5, 0.6) is 5.75 Å². The fraction of sp³-hybridized carbons (Fsp3) is 0.276. The lowest BCUT2D eigenvalue weighted by atomic mass is 9.99. The second-order valence-electron chi connectivity index (χ2n) is 9.61. The zero-order chi connectivity index (χ0) is 25.4. The molecule has 5 aromatic rings. The molecule has 0 aliphatic rings. The second kappa shape index (κ2) is 9.59. The highest BCUT2D eigenvalue weighted by atomic mass is 16.5. The molecule has 0 unspecified atom stereocenters. The molecule has 36 heavy (non-hydrogen) atoms. The number of ether oxygens (including phenoxy) is 1. The molecule has 0 aliphatic carbocycles. The number of rotatable bonds is 9. The lowest BCUT2D eigenvalue weighted by Gasteiger charge is -2.14. The summed E-state index contributed by atoms with van der Waals surface area (Å²) in [6, 6.07) is 13.3. The molecule has 0 saturated carbocycles. The van der Waals surface area contributed by atoms with Crippen molar-refractivity contribution in [2.24, 2.45) is 0 Å². The van der Waals surface area contributed by atoms with E-state index in [2.05, 4.69) is 21.8 Å². The fourth-order valence-corrected chi connectivity index (χ4v) is 4.94. The molecule has 2 aromatic carbocycles. The number of carbonyl (C=O) groups excluding carboxylic acids is 1. The Morgan fingerprint density at radius 2 is 1.89 bits per heavy atom. The van der Waals surface area contributed by atoms with Crippen molar-refractivity contribution in [3.05, 3.63) is 76.7 Å². The summed E-state index contributed by atoms with van der Waals surface area (Å²) in [6.45, 7) is 7.51. The Balaban J connectivity index is 1.61. The average molecular weight is 483 g/mol. The van der Waals surface area contributed by atoms with Gasteiger partial charge in [-0.05, 0) is 64.7 Å². The third-order valence-electron chi connectivity index (χ3n) is 6.46. The van der Waals surface area contributed by atoms with E-state index in [0.717, 1.165) is 56.8 Å². The molecular formula is C29H30N4O3. The first-order valence-corrected chi connectivity index (χ1v) is 12.1. The van der Waals surface area contributed by atoms with Gasteiger partial charge < -0.3 is 15.0 Å². The molecule has 7 nitrogen and oxygen atoms in total. The number of aromatic nitrogens is 2. The molecule has 7 heteroatoms. The van der Waals surface area contributed by atoms with Crippen LogP contribution < -0.4 is 15.6 Å². The topological polar surface area (TPSA) is 75.9 Å². The van der Waals surface area contributed by atoms with Crippen molar-refractivity contribution in [1.82, 2.24) is 19.6 Å². The van der Waals surface area contributed by atoms with E-state index in [4.69, 9.17) is 4.74 Å². The number of pyridine rings is 2. The predicted octanol–water partition coefficient (Wildman–Crippen LogP) is 4.16. The van der Waals surface area contributed by atoms with Gasteiger partial charge in [0, 0.05) is 39.8 Å². The van der Waals surface area contributed by atoms with Gasteiger partial charge in [-0.2, -0.15) is 0 Å². The number of carbonyl (C=O) groups is 1. The minimum absolute atomic E-state index is 0.0712. The molecular weight excluding hydrogens is 452 g/mol. The van der Waals surface area contributed by atoms with E-state index in [-0.39, 0.29) is 18.1 Å². The highest BCUT2D eigenvalue weighted by Gasteiger charge is 2.22. The Hall–Kier alpha value is -3.97. The maximum absolute atomic E-state index is 13.6. The fourth-order valence-electron chi connectivity index (χ4n) is 4.94. The Morgan fingerprint density at radius 3 is 2.64 bits per heavy atom. The second-order valence-corrected chi connectivity index (χ2v) is 9.61. The van der Waals surface area contributed by atoms with E-state index >= 15 is 0 Å². The van der Waals surface area contributed by atoms with Crippen molar-refractivity contribution in [3.63, 3.8) is 0 Å². The Morgan fingerprint density at radius 1 is 1.11 bits per heavy atom. The van der Waals surface area contributed by atoms with Crippen LogP contribution >= 0.6 is 0 Å². The lowest BCUT2D eigenvalue weighted by Crippen LogP contribution is -2.31. The molecule has 184 valence electrons. The summed E-state index contributed by atoms with van der Waals surface area (Å²) in [7, 11) is 4.01. The standard InChI is InChI=1S/C29H30N4O3/c1-18(2)16-22-24(36-17-25(34)30-13-7-15-32(3)4)11-10-23-26(22)21-12-14-31-27-19-8-5-6-9-20(19)29(35)33(23)28(21)27/h5-6,8-12,14H,1,7,13,15-17H2,2-4H3,(H,30,34). The van der Waals surface area contributed by atoms with E-state index < -0.39 is 0 Å². The van der Waals surface area contributed by atoms with Crippen molar-refractivity contribution in [1.29, 1.82) is 0 Å². The highest BCUT2D eigenvalue weighted by molar-refractivity contribution is 6.19. The van der Waals surface area contributed by atoms with Crippen LogP contribution in [0.1, 0.15) is 18.9 Å². The minimum Gasteiger partial charge on any atom is -0.483 e. The monoisotopic (exact) mass is 482 g/mol. The number of hydrogen-bond acceptors (Lipinski definition) is 5. The van der Waals surface area contributed by atoms with Crippen LogP contribution in [0.25, 0.3) is 38.1 Å². The van der Waals surface area contributed by atoms with Gasteiger partial charge in [-0.1, -0.05) is 30.4 Å². The summed E-state index contributed by atoms with van der Waals surface area (Å²) in [5.41, 5.74) is 4.20. The van der Waals surface area contributed by atoms with Crippen LogP contribution in [0.4, 0.5) is 0 Å². The molecule has 0 spiro atoms. The predicted molar refractivity (Wildman–Crippen MR) is 145 cm³/mol. The van der Waals surface area contributed by atoms with Crippen molar-refractivity contribution in [3.8, 4) is 5.75 Å². The number of nitrogens with zero attached hydrogens (tertiary/aromatic N) is 3. The maximum atomic E-state index is 13.6. The van der Waals surface area contributed by atoms with Crippen molar-refractivity contribution in [2.45, 2.75) is 19.8 Å². The number of allylic oxidation sites excluding steroid dienone is 1. The maximum Gasteiger partial charge on any atom is 0.263 e. The Kier molecular flexibility index (Phi) is 6.33. The summed E-state index contributed by atoms with van der Waals surface area (Å²) >= 11 is 0. The van der Waals surface area contributed by atoms with E-state index in [0.29, 0.717) is 24.1 Å². The third kappa shape index (κ3) is 4.16. The number of hydrogen-bond donors (Lipinski definition) is 1. The summed E-state index contributed by atoms with van der Waals surface area (Å²) in [6.07, 6.45) is 3.22. The highest BCUT2D eigenvalue weighted by Crippen LogP contribution is 2.38. The lowest BCUT2D eigenvalue weighted by molar-refractivity contribution is -0.123. The molecule has 0 fully saturated rings. The molecule has 0 saturated heterocycles. The van der Waals surface area contributed by atoms with E-state index in [1.54, 1.807) is 10.6 Å². The molecule has 0 aliphatic heterocycles. The van der Waals surface area contributed by atoms with Crippen molar-refractivity contribution >= 4 is 44.0 Å². The third-order valence-corrected chi connectivity index (χ3v) is 6.46. The summed E-state index contributed by atoms with van der Waals surface area (Å²) in [5, 5.41) is 6.26. The van der Waals surface area contributed by atoms with Gasteiger partial charge >= 0.3 is 0 Å². The average Bonchev–Trinajstić information content (AvgIpc) is 3.20. The largest absolute Gasteiger partial charge is 0.483 e. The van der Waals surface area contributed by atoms with Gasteiger partial charge in [-0.25, -0.2) is 0 Å². The number of benzene rings is 2. The molecule has 1 amide bonds. The van der Waals surface area contributed by atoms with Crippen LogP contribution in [-0.4, -0.2) is 54.0 Å². The molecule has 5 rings (SSSR count). The zero-order valence-electron chi connectivity index (χ0n) is 20.9. The number of nitrogens with one attached hydrogen (secondary N) is 1. The summed E-state index contributed by atoms with van der Waals surface area (Å²) in [5.74, 6) is 0.461. The molecule has 0 radical (unpaired) electrons. The van der Waals surface area contributed by atoms with Crippen LogP contribution in [0.2, 0.25) is 0 Å². The Bertz CT molecular complexity index is 1670. The van der Waals surface area contributed by atoms with Gasteiger partial charge in [0.1, 0.15) is 5.75 Å². The first-order valence-electron chi connectivity index (χ1n) is 12.1. The van der Waals surface area contributed by atoms with Gasteiger partial charge in [0.2, 0.25) is 0 Å². The summed E-state index contributed by atoms with van der Waals surface area (Å²) in [4.78, 5) is 32.8. The van der Waals surface area contributed by atoms with Gasteiger partial charge in [-0.15, -0.1) is 0 Å². The molecule has 1 N–H and O–H groups in total. The Labute approximate surface area is 209 Å². The zero-order valence-corrected chi connectivity index (χ0v) is 20.9. The molecule has 3 heterocycles. The van der Waals surface area contributed by atoms with Crippen molar-refractivity contribution in [2.75, 3.05) is 33.8 Å². The van der Waals surface area contributed by atoms with Crippen LogP contribution in [0.3, 0.4) is 0 Å². The first kappa shape index (κ1) is 23.8. The van der Waals surface area contributed by atoms with Crippen LogP contribution in [0, 0.1) is 0 Å². The minimum atomic E-state index is -0.160. The SMILES string of the molecule is C=C(C)Cc1c(OCC(=O)NCCCN(C)C)ccc2c1c1ccnc3c4ccccc4c(=O)n2c13.